The maximum Gasteiger partial charge on any atom is 0.418 e. The first-order valence-electron chi connectivity index (χ1n) is 11.4. The molecule has 0 saturated heterocycles. The maximum absolute atomic E-state index is 13.9. The van der Waals surface area contributed by atoms with E-state index < -0.39 is 17.6 Å². The van der Waals surface area contributed by atoms with E-state index in [-0.39, 0.29) is 29.6 Å². The van der Waals surface area contributed by atoms with E-state index in [1.54, 1.807) is 12.4 Å². The zero-order valence-electron chi connectivity index (χ0n) is 19.2. The van der Waals surface area contributed by atoms with Crippen LogP contribution >= 0.6 is 0 Å². The standard InChI is InChI=1S/C25H26F3N5O2/c1-16(34)33(15-17-4-5-17)23-9-7-19(11-21(23)25(26,27)28)22-8-6-20(14-30-22)24(35)29-10-2-3-18-12-31-32-13-18/h6-9,11-14,17H,2-5,10,15H2,1H3,(H,29,35)(H,31,32). The molecule has 0 radical (unpaired) electrons. The van der Waals surface area contributed by atoms with Crippen LogP contribution in [-0.2, 0) is 17.4 Å². The van der Waals surface area contributed by atoms with Gasteiger partial charge in [0.1, 0.15) is 0 Å². The number of hydrogen-bond acceptors (Lipinski definition) is 4. The van der Waals surface area contributed by atoms with Crippen LogP contribution in [0.25, 0.3) is 11.3 Å². The van der Waals surface area contributed by atoms with E-state index in [4.69, 9.17) is 0 Å². The van der Waals surface area contributed by atoms with Gasteiger partial charge in [-0.05, 0) is 61.4 Å². The van der Waals surface area contributed by atoms with Crippen LogP contribution in [0.1, 0.15) is 47.7 Å². The lowest BCUT2D eigenvalue weighted by molar-refractivity contribution is -0.137. The van der Waals surface area contributed by atoms with Crippen LogP contribution in [-0.4, -0.2) is 40.1 Å². The molecule has 1 aliphatic rings. The van der Waals surface area contributed by atoms with Gasteiger partial charge in [-0.15, -0.1) is 0 Å². The molecule has 7 nitrogen and oxygen atoms in total. The third kappa shape index (κ3) is 6.26. The number of amides is 2. The van der Waals surface area contributed by atoms with Crippen molar-refractivity contribution in [1.82, 2.24) is 20.5 Å². The smallest absolute Gasteiger partial charge is 0.352 e. The summed E-state index contributed by atoms with van der Waals surface area (Å²) in [5.74, 6) is -0.487. The molecule has 184 valence electrons. The molecule has 2 amide bonds. The number of aryl methyl sites for hydroxylation is 1. The molecule has 2 N–H and O–H groups in total. The number of carbonyl (C=O) groups excluding carboxylic acids is 2. The van der Waals surface area contributed by atoms with Gasteiger partial charge in [-0.3, -0.25) is 19.7 Å². The molecule has 1 aliphatic carbocycles. The molecule has 35 heavy (non-hydrogen) atoms. The Bertz CT molecular complexity index is 1170. The third-order valence-corrected chi connectivity index (χ3v) is 5.91. The number of hydrogen-bond donors (Lipinski definition) is 2. The Morgan fingerprint density at radius 1 is 1.17 bits per heavy atom. The van der Waals surface area contributed by atoms with Crippen molar-refractivity contribution in [1.29, 1.82) is 0 Å². The van der Waals surface area contributed by atoms with E-state index >= 15 is 0 Å². The van der Waals surface area contributed by atoms with E-state index in [1.165, 1.54) is 42.3 Å². The van der Waals surface area contributed by atoms with Crippen LogP contribution in [0, 0.1) is 5.92 Å². The molecule has 3 aromatic rings. The molecule has 1 aromatic carbocycles. The summed E-state index contributed by atoms with van der Waals surface area (Å²) in [7, 11) is 0. The zero-order chi connectivity index (χ0) is 25.0. The molecule has 2 heterocycles. The molecule has 10 heteroatoms. The van der Waals surface area contributed by atoms with Crippen molar-refractivity contribution in [3.8, 4) is 11.3 Å². The van der Waals surface area contributed by atoms with Gasteiger partial charge in [-0.1, -0.05) is 6.07 Å². The first-order valence-corrected chi connectivity index (χ1v) is 11.4. The monoisotopic (exact) mass is 485 g/mol. The fourth-order valence-electron chi connectivity index (χ4n) is 3.82. The van der Waals surface area contributed by atoms with Crippen molar-refractivity contribution in [2.45, 2.75) is 38.8 Å². The normalized spacial score (nSPS) is 13.5. The second-order valence-electron chi connectivity index (χ2n) is 8.70. The van der Waals surface area contributed by atoms with Gasteiger partial charge in [0, 0.05) is 38.0 Å². The van der Waals surface area contributed by atoms with Crippen molar-refractivity contribution < 1.29 is 22.8 Å². The lowest BCUT2D eigenvalue weighted by Crippen LogP contribution is -2.32. The SMILES string of the molecule is CC(=O)N(CC1CC1)c1ccc(-c2ccc(C(=O)NCCCc3cn[nH]c3)cn2)cc1C(F)(F)F. The Labute approximate surface area is 200 Å². The second-order valence-corrected chi connectivity index (χ2v) is 8.70. The highest BCUT2D eigenvalue weighted by molar-refractivity contribution is 5.94. The van der Waals surface area contributed by atoms with Gasteiger partial charge in [0.05, 0.1) is 28.7 Å². The first kappa shape index (κ1) is 24.4. The van der Waals surface area contributed by atoms with Crippen molar-refractivity contribution in [2.75, 3.05) is 18.0 Å². The number of halogens is 3. The van der Waals surface area contributed by atoms with Crippen molar-refractivity contribution in [3.63, 3.8) is 0 Å². The van der Waals surface area contributed by atoms with Gasteiger partial charge in [-0.25, -0.2) is 0 Å². The molecule has 4 rings (SSSR count). The van der Waals surface area contributed by atoms with Crippen LogP contribution in [0.3, 0.4) is 0 Å². The van der Waals surface area contributed by atoms with E-state index in [0.29, 0.717) is 17.8 Å². The predicted octanol–water partition coefficient (Wildman–Crippen LogP) is 4.62. The van der Waals surface area contributed by atoms with Crippen molar-refractivity contribution in [3.05, 3.63) is 65.6 Å². The largest absolute Gasteiger partial charge is 0.418 e. The Hall–Kier alpha value is -3.69. The number of nitrogens with zero attached hydrogens (tertiary/aromatic N) is 3. The minimum atomic E-state index is -4.64. The number of pyridine rings is 1. The first-order chi connectivity index (χ1) is 16.7. The number of rotatable bonds is 9. The van der Waals surface area contributed by atoms with Gasteiger partial charge in [0.15, 0.2) is 0 Å². The lowest BCUT2D eigenvalue weighted by atomic mass is 10.0. The molecule has 1 fully saturated rings. The number of anilines is 1. The average molecular weight is 486 g/mol. The van der Waals surface area contributed by atoms with Crippen LogP contribution < -0.4 is 10.2 Å². The van der Waals surface area contributed by atoms with Gasteiger partial charge in [0.2, 0.25) is 5.91 Å². The molecule has 0 atom stereocenters. The van der Waals surface area contributed by atoms with Crippen molar-refractivity contribution >= 4 is 17.5 Å². The van der Waals surface area contributed by atoms with Crippen molar-refractivity contribution in [2.24, 2.45) is 5.92 Å². The lowest BCUT2D eigenvalue weighted by Gasteiger charge is -2.25. The molecule has 2 aromatic heterocycles. The molecular formula is C25H26F3N5O2. The Morgan fingerprint density at radius 3 is 2.57 bits per heavy atom. The topological polar surface area (TPSA) is 91.0 Å². The van der Waals surface area contributed by atoms with Crippen LogP contribution in [0.5, 0.6) is 0 Å². The zero-order valence-corrected chi connectivity index (χ0v) is 19.2. The number of H-pyrrole nitrogens is 1. The summed E-state index contributed by atoms with van der Waals surface area (Å²) in [4.78, 5) is 29.9. The predicted molar refractivity (Wildman–Crippen MR) is 125 cm³/mol. The molecule has 0 bridgehead atoms. The number of carbonyl (C=O) groups is 2. The summed E-state index contributed by atoms with van der Waals surface area (Å²) < 4.78 is 41.7. The van der Waals surface area contributed by atoms with Gasteiger partial charge in [0.25, 0.3) is 5.91 Å². The number of aromatic amines is 1. The van der Waals surface area contributed by atoms with Gasteiger partial charge >= 0.3 is 6.18 Å². The minimum Gasteiger partial charge on any atom is -0.352 e. The number of nitrogens with one attached hydrogen (secondary N) is 2. The Kier molecular flexibility index (Phi) is 7.18. The fraction of sp³-hybridized carbons (Fsp3) is 0.360. The quantitative estimate of drug-likeness (QED) is 0.433. The van der Waals surface area contributed by atoms with E-state index in [2.05, 4.69) is 20.5 Å². The summed E-state index contributed by atoms with van der Waals surface area (Å²) in [6.07, 6.45) is 3.57. The van der Waals surface area contributed by atoms with Crippen LogP contribution in [0.4, 0.5) is 18.9 Å². The Balaban J connectivity index is 1.47. The summed E-state index contributed by atoms with van der Waals surface area (Å²) in [6, 6.07) is 6.90. The number of alkyl halides is 3. The summed E-state index contributed by atoms with van der Waals surface area (Å²) in [6.45, 7) is 2.02. The van der Waals surface area contributed by atoms with Crippen LogP contribution in [0.2, 0.25) is 0 Å². The molecule has 0 unspecified atom stereocenters. The number of aromatic nitrogens is 3. The Morgan fingerprint density at radius 2 is 1.97 bits per heavy atom. The second kappa shape index (κ2) is 10.3. The van der Waals surface area contributed by atoms with E-state index in [1.807, 2.05) is 0 Å². The minimum absolute atomic E-state index is 0.146. The number of benzene rings is 1. The highest BCUT2D eigenvalue weighted by atomic mass is 19.4. The maximum atomic E-state index is 13.9. The van der Waals surface area contributed by atoms with Crippen LogP contribution in [0.15, 0.2) is 48.9 Å². The molecule has 0 spiro atoms. The molecular weight excluding hydrogens is 459 g/mol. The molecule has 0 aliphatic heterocycles. The fourth-order valence-corrected chi connectivity index (χ4v) is 3.82. The molecule has 1 saturated carbocycles. The summed E-state index contributed by atoms with van der Waals surface area (Å²) >= 11 is 0. The average Bonchev–Trinajstić information content (AvgIpc) is 3.51. The van der Waals surface area contributed by atoms with Gasteiger partial charge < -0.3 is 10.2 Å². The highest BCUT2D eigenvalue weighted by Gasteiger charge is 2.37. The summed E-state index contributed by atoms with van der Waals surface area (Å²) in [5, 5.41) is 9.41. The highest BCUT2D eigenvalue weighted by Crippen LogP contribution is 2.40. The van der Waals surface area contributed by atoms with E-state index in [9.17, 15) is 22.8 Å². The summed E-state index contributed by atoms with van der Waals surface area (Å²) in [5.41, 5.74) is 0.891. The third-order valence-electron chi connectivity index (χ3n) is 5.91. The van der Waals surface area contributed by atoms with E-state index in [0.717, 1.165) is 37.3 Å². The van der Waals surface area contributed by atoms with Gasteiger partial charge in [-0.2, -0.15) is 18.3 Å².